The molecule has 1 unspecified atom stereocenters. The zero-order valence-corrected chi connectivity index (χ0v) is 40.7. The maximum atomic E-state index is 14.2. The minimum absolute atomic E-state index is 0. The number of aliphatic hydroxyl groups is 1. The van der Waals surface area contributed by atoms with Gasteiger partial charge in [-0.05, 0) is 74.4 Å². The van der Waals surface area contributed by atoms with Crippen molar-refractivity contribution in [2.45, 2.75) is 45.7 Å². The largest absolute Gasteiger partial charge is 1.00 e. The van der Waals surface area contributed by atoms with Gasteiger partial charge in [-0.25, -0.2) is 4.79 Å². The number of aromatic nitrogens is 2. The normalized spacial score (nSPS) is 13.8. The minimum atomic E-state index is -0.851. The molecule has 19 heteroatoms. The number of amides is 5. The average Bonchev–Trinajstić information content (AvgIpc) is 3.56. The van der Waals surface area contributed by atoms with Crippen LogP contribution < -0.4 is 94.2 Å². The van der Waals surface area contributed by atoms with Crippen molar-refractivity contribution in [1.82, 2.24) is 15.1 Å². The molecule has 1 saturated heterocycles. The summed E-state index contributed by atoms with van der Waals surface area (Å²) in [4.78, 5) is 57.8. The Bertz CT molecular complexity index is 2100. The van der Waals surface area contributed by atoms with Gasteiger partial charge in [0.2, 0.25) is 17.7 Å². The molecule has 0 spiro atoms. The molecule has 1 aliphatic heterocycles. The van der Waals surface area contributed by atoms with Crippen LogP contribution in [-0.2, 0) is 9.59 Å². The summed E-state index contributed by atoms with van der Waals surface area (Å²) < 4.78 is 0.970. The first-order chi connectivity index (χ1) is 25.7. The number of carbonyl (C=O) groups excluding carboxylic acids is 4. The van der Waals surface area contributed by atoms with Crippen LogP contribution >= 0.6 is 55.6 Å². The van der Waals surface area contributed by atoms with Crippen LogP contribution in [0.4, 0.5) is 33.4 Å². The average molecular weight is 969 g/mol. The van der Waals surface area contributed by atoms with E-state index >= 15 is 0 Å². The number of hydrogen-bond donors (Lipinski definition) is 4. The first-order valence-electron chi connectivity index (χ1n) is 16.9. The number of aryl methyl sites for hydroxylation is 1. The predicted molar refractivity (Wildman–Crippen MR) is 215 cm³/mol. The second-order valence-corrected chi connectivity index (χ2v) is 14.6. The molecule has 5 rings (SSSR count). The third-order valence-electron chi connectivity index (χ3n) is 8.63. The van der Waals surface area contributed by atoms with Crippen molar-refractivity contribution in [2.24, 2.45) is 0 Å². The zero-order valence-electron chi connectivity index (χ0n) is 30.4. The Balaban J connectivity index is 0.00000673. The number of aliphatic hydroxyl groups excluding tert-OH is 1. The van der Waals surface area contributed by atoms with E-state index in [2.05, 4.69) is 25.0 Å². The van der Waals surface area contributed by atoms with Crippen molar-refractivity contribution in [1.29, 1.82) is 0 Å². The molecule has 5 amide bonds. The van der Waals surface area contributed by atoms with Crippen LogP contribution in [0.1, 0.15) is 49.0 Å². The van der Waals surface area contributed by atoms with E-state index in [1.165, 1.54) is 35.2 Å². The topological polar surface area (TPSA) is 160 Å². The summed E-state index contributed by atoms with van der Waals surface area (Å²) in [6.45, 7) is 6.89. The smallest absolute Gasteiger partial charge is 0.544 e. The summed E-state index contributed by atoms with van der Waals surface area (Å²) in [5.74, 6) is -2.76. The standard InChI is InChI=1S/C36H37Cl4N7O6P.Cs/c1-4-6-11-41-36(53)46(27-10-8-21(14-19(27)3)44(5-2)12-13-48)31-32(43-47(35(31)52)30-25(39)15-20(37)16-26(30)40)42-33(50)23-17-22(7-9-24(23)38)45-29(49)18-28(54)34(45)51;/h7-10,14-17,28,48,52,54H,4-6,11-13,18H2,1-3H3,(H,41,53)(H,42,43,50);/q-1;+1. The number of benzene rings is 3. The Morgan fingerprint density at radius 3 is 2.29 bits per heavy atom. The number of nitrogens with one attached hydrogen (secondary N) is 2. The van der Waals surface area contributed by atoms with E-state index < -0.39 is 35.3 Å². The fourth-order valence-electron chi connectivity index (χ4n) is 5.95. The quantitative estimate of drug-likeness (QED) is 0.0829. The van der Waals surface area contributed by atoms with Crippen LogP contribution in [0.3, 0.4) is 0 Å². The number of likely N-dealkylation sites (N-methyl/N-ethyl adjacent to an activating group) is 1. The number of carbonyl (C=O) groups is 4. The maximum absolute atomic E-state index is 14.2. The number of unbranched alkanes of at least 4 members (excludes halogenated alkanes) is 1. The molecule has 55 heavy (non-hydrogen) atoms. The van der Waals surface area contributed by atoms with Crippen molar-refractivity contribution in [3.63, 3.8) is 0 Å². The van der Waals surface area contributed by atoms with Gasteiger partial charge >= 0.3 is 74.9 Å². The molecule has 1 aromatic heterocycles. The SMILES string of the molecule is CCCCNC(=O)N(c1ccc(N(CC)CCO)cc1C)c1c(NC(=O)c2cc(N3C(=O)CC([PH-])C3=O)ccc2Cl)nn(-c2c(Cl)cc(Cl)cc2Cl)c1O.[Cs+]. The molecule has 0 bridgehead atoms. The van der Waals surface area contributed by atoms with Gasteiger partial charge in [0, 0.05) is 36.8 Å². The molecule has 1 aliphatic rings. The van der Waals surface area contributed by atoms with E-state index in [1.54, 1.807) is 19.1 Å². The summed E-state index contributed by atoms with van der Waals surface area (Å²) in [6.07, 6.45) is 1.38. The monoisotopic (exact) mass is 967 g/mol. The van der Waals surface area contributed by atoms with Crippen LogP contribution in [0.25, 0.3) is 5.69 Å². The van der Waals surface area contributed by atoms with Gasteiger partial charge in [-0.1, -0.05) is 65.4 Å². The van der Waals surface area contributed by atoms with E-state index in [9.17, 15) is 29.4 Å². The van der Waals surface area contributed by atoms with E-state index in [4.69, 9.17) is 46.4 Å². The molecular weight excluding hydrogens is 932 g/mol. The summed E-state index contributed by atoms with van der Waals surface area (Å²) >= 11 is 25.8. The molecule has 0 saturated carbocycles. The minimum Gasteiger partial charge on any atom is -0.544 e. The molecule has 4 aromatic rings. The van der Waals surface area contributed by atoms with Crippen molar-refractivity contribution in [2.75, 3.05) is 46.3 Å². The molecule has 0 radical (unpaired) electrons. The van der Waals surface area contributed by atoms with E-state index in [1.807, 2.05) is 24.8 Å². The van der Waals surface area contributed by atoms with E-state index in [0.29, 0.717) is 37.3 Å². The number of anilines is 5. The molecule has 2 heterocycles. The van der Waals surface area contributed by atoms with Gasteiger partial charge < -0.3 is 35.0 Å². The first kappa shape index (κ1) is 45.7. The Morgan fingerprint density at radius 2 is 1.71 bits per heavy atom. The van der Waals surface area contributed by atoms with Crippen molar-refractivity contribution in [3.05, 3.63) is 79.7 Å². The second kappa shape index (κ2) is 20.1. The van der Waals surface area contributed by atoms with Gasteiger partial charge in [0.15, 0.2) is 11.5 Å². The number of imide groups is 1. The van der Waals surface area contributed by atoms with Gasteiger partial charge in [0.05, 0.1) is 38.6 Å². The van der Waals surface area contributed by atoms with Crippen LogP contribution in [0.2, 0.25) is 20.1 Å². The van der Waals surface area contributed by atoms with Crippen LogP contribution in [0, 0.1) is 6.92 Å². The van der Waals surface area contributed by atoms with Crippen molar-refractivity contribution in [3.8, 4) is 11.6 Å². The Hall–Kier alpha value is -2.05. The molecule has 3 aromatic carbocycles. The Morgan fingerprint density at radius 1 is 1.02 bits per heavy atom. The molecule has 1 fully saturated rings. The first-order valence-corrected chi connectivity index (χ1v) is 19.0. The molecular formula is C36H37Cl4CsN7O6P. The summed E-state index contributed by atoms with van der Waals surface area (Å²) in [6, 6.07) is 11.5. The van der Waals surface area contributed by atoms with E-state index in [-0.39, 0.29) is 130 Å². The van der Waals surface area contributed by atoms with Gasteiger partial charge in [0.25, 0.3) is 5.91 Å². The number of rotatable bonds is 13. The number of hydrogen-bond acceptors (Lipinski definition) is 8. The maximum Gasteiger partial charge on any atom is 1.00 e. The van der Waals surface area contributed by atoms with Gasteiger partial charge in [0.1, 0.15) is 5.69 Å². The second-order valence-electron chi connectivity index (χ2n) is 12.3. The Labute approximate surface area is 399 Å². The number of halogens is 4. The zero-order chi connectivity index (χ0) is 39.4. The summed E-state index contributed by atoms with van der Waals surface area (Å²) in [5, 5.41) is 31.8. The van der Waals surface area contributed by atoms with E-state index in [0.717, 1.165) is 21.7 Å². The summed E-state index contributed by atoms with van der Waals surface area (Å²) in [5.41, 5.74) is 0.696. The Kier molecular flexibility index (Phi) is 16.7. The number of aromatic hydroxyl groups is 1. The molecule has 13 nitrogen and oxygen atoms in total. The molecule has 0 aliphatic carbocycles. The third kappa shape index (κ3) is 9.98. The fraction of sp³-hybridized carbons (Fsp3) is 0.306. The van der Waals surface area contributed by atoms with Crippen molar-refractivity contribution < 1.29 is 98.3 Å². The predicted octanol–water partition coefficient (Wildman–Crippen LogP) is 5.00. The molecule has 1 atom stereocenters. The van der Waals surface area contributed by atoms with Gasteiger partial charge in [-0.15, -0.1) is 5.10 Å². The number of nitrogens with zero attached hydrogens (tertiary/aromatic N) is 5. The molecule has 286 valence electrons. The van der Waals surface area contributed by atoms with Gasteiger partial charge in [-0.2, -0.15) is 4.68 Å². The molecule has 4 N–H and O–H groups in total. The van der Waals surface area contributed by atoms with Crippen LogP contribution in [-0.4, -0.2) is 75.6 Å². The number of urea groups is 1. The summed E-state index contributed by atoms with van der Waals surface area (Å²) in [7, 11) is 3.26. The van der Waals surface area contributed by atoms with Crippen LogP contribution in [0.5, 0.6) is 5.88 Å². The third-order valence-corrected chi connectivity index (χ3v) is 10.2. The van der Waals surface area contributed by atoms with Crippen molar-refractivity contribution >= 4 is 108 Å². The van der Waals surface area contributed by atoms with Crippen LogP contribution in [0.15, 0.2) is 48.5 Å². The fourth-order valence-corrected chi connectivity index (χ4v) is 7.43. The van der Waals surface area contributed by atoms with Gasteiger partial charge in [-0.3, -0.25) is 24.2 Å².